The number of carbonyl (C=O) groups excluding carboxylic acids is 1. The summed E-state index contributed by atoms with van der Waals surface area (Å²) in [4.78, 5) is 17.3. The number of anilines is 2. The number of amides is 1. The van der Waals surface area contributed by atoms with Crippen molar-refractivity contribution in [2.45, 2.75) is 26.7 Å². The second-order valence-electron chi connectivity index (χ2n) is 4.94. The van der Waals surface area contributed by atoms with Crippen LogP contribution in [0.4, 0.5) is 11.4 Å². The van der Waals surface area contributed by atoms with Gasteiger partial charge in [0.05, 0.1) is 11.4 Å². The number of rotatable bonds is 7. The second kappa shape index (κ2) is 7.56. The van der Waals surface area contributed by atoms with E-state index in [1.54, 1.807) is 37.4 Å². The summed E-state index contributed by atoms with van der Waals surface area (Å²) in [6.45, 7) is 3.80. The molecular weight excluding hydrogens is 334 g/mol. The summed E-state index contributed by atoms with van der Waals surface area (Å²) in [6, 6.07) is 6.60. The Morgan fingerprint density at radius 1 is 1.26 bits per heavy atom. The molecule has 0 aliphatic heterocycles. The maximum atomic E-state index is 12.1. The Hall–Kier alpha value is -1.93. The average molecular weight is 353 g/mol. The Balaban J connectivity index is 2.09. The summed E-state index contributed by atoms with van der Waals surface area (Å²) < 4.78 is 26.1. The van der Waals surface area contributed by atoms with E-state index in [1.807, 2.05) is 6.92 Å². The molecule has 0 saturated heterocycles. The minimum Gasteiger partial charge on any atom is -0.320 e. The summed E-state index contributed by atoms with van der Waals surface area (Å²) in [5, 5.41) is 3.12. The Kier molecular flexibility index (Phi) is 5.73. The standard InChI is InChI=1S/C15H19N3O3S2/c1-3-8-23(20,21)18-12-7-5-6-11(9-12)17-14(19)15-16-10-13(4-2)22-15/h5-7,9-10,18H,3-4,8H2,1-2H3,(H,17,19). The number of nitrogens with zero attached hydrogens (tertiary/aromatic N) is 1. The first-order valence-corrected chi connectivity index (χ1v) is 9.77. The van der Waals surface area contributed by atoms with E-state index in [4.69, 9.17) is 0 Å². The zero-order valence-corrected chi connectivity index (χ0v) is 14.6. The highest BCUT2D eigenvalue weighted by Crippen LogP contribution is 2.19. The summed E-state index contributed by atoms with van der Waals surface area (Å²) in [5.41, 5.74) is 0.935. The van der Waals surface area contributed by atoms with Crippen molar-refractivity contribution in [3.8, 4) is 0 Å². The molecule has 0 aliphatic rings. The highest BCUT2D eigenvalue weighted by atomic mass is 32.2. The van der Waals surface area contributed by atoms with Crippen molar-refractivity contribution in [1.29, 1.82) is 0 Å². The van der Waals surface area contributed by atoms with Crippen LogP contribution in [0.25, 0.3) is 0 Å². The molecule has 0 aliphatic carbocycles. The van der Waals surface area contributed by atoms with Crippen LogP contribution < -0.4 is 10.0 Å². The topological polar surface area (TPSA) is 88.2 Å². The van der Waals surface area contributed by atoms with Crippen LogP contribution in [0.5, 0.6) is 0 Å². The van der Waals surface area contributed by atoms with E-state index in [0.717, 1.165) is 11.3 Å². The largest absolute Gasteiger partial charge is 0.320 e. The van der Waals surface area contributed by atoms with Gasteiger partial charge in [-0.3, -0.25) is 9.52 Å². The minimum atomic E-state index is -3.36. The van der Waals surface area contributed by atoms with E-state index in [2.05, 4.69) is 15.0 Å². The third-order valence-corrected chi connectivity index (χ3v) is 5.60. The lowest BCUT2D eigenvalue weighted by Gasteiger charge is -2.09. The number of benzene rings is 1. The van der Waals surface area contributed by atoms with E-state index in [-0.39, 0.29) is 11.7 Å². The lowest BCUT2D eigenvalue weighted by atomic mass is 10.3. The predicted molar refractivity (Wildman–Crippen MR) is 93.6 cm³/mol. The number of hydrogen-bond donors (Lipinski definition) is 2. The molecule has 2 N–H and O–H groups in total. The van der Waals surface area contributed by atoms with Gasteiger partial charge in [-0.15, -0.1) is 11.3 Å². The smallest absolute Gasteiger partial charge is 0.284 e. The van der Waals surface area contributed by atoms with E-state index in [1.165, 1.54) is 11.3 Å². The number of hydrogen-bond acceptors (Lipinski definition) is 5. The van der Waals surface area contributed by atoms with E-state index < -0.39 is 10.0 Å². The van der Waals surface area contributed by atoms with Crippen molar-refractivity contribution in [2.75, 3.05) is 15.8 Å². The molecule has 6 nitrogen and oxygen atoms in total. The number of carbonyl (C=O) groups is 1. The maximum Gasteiger partial charge on any atom is 0.284 e. The molecule has 0 spiro atoms. The van der Waals surface area contributed by atoms with Crippen LogP contribution in [0.2, 0.25) is 0 Å². The Morgan fingerprint density at radius 3 is 2.65 bits per heavy atom. The molecule has 1 aromatic heterocycles. The van der Waals surface area contributed by atoms with Crippen LogP contribution >= 0.6 is 11.3 Å². The molecule has 0 saturated carbocycles. The highest BCUT2D eigenvalue weighted by Gasteiger charge is 2.12. The third-order valence-electron chi connectivity index (χ3n) is 2.96. The molecule has 0 atom stereocenters. The molecule has 1 heterocycles. The minimum absolute atomic E-state index is 0.0580. The van der Waals surface area contributed by atoms with Crippen LogP contribution in [0, 0.1) is 0 Å². The molecular formula is C15H19N3O3S2. The third kappa shape index (κ3) is 5.04. The molecule has 0 radical (unpaired) electrons. The first kappa shape index (κ1) is 17.4. The summed E-state index contributed by atoms with van der Waals surface area (Å²) >= 11 is 1.35. The Labute approximate surface area is 140 Å². The number of aryl methyl sites for hydroxylation is 1. The molecule has 8 heteroatoms. The first-order chi connectivity index (χ1) is 10.9. The van der Waals surface area contributed by atoms with Gasteiger partial charge < -0.3 is 5.32 Å². The fourth-order valence-electron chi connectivity index (χ4n) is 1.92. The van der Waals surface area contributed by atoms with Crippen molar-refractivity contribution < 1.29 is 13.2 Å². The molecule has 23 heavy (non-hydrogen) atoms. The van der Waals surface area contributed by atoms with Gasteiger partial charge in [-0.25, -0.2) is 13.4 Å². The van der Waals surface area contributed by atoms with Crippen molar-refractivity contribution in [3.63, 3.8) is 0 Å². The Morgan fingerprint density at radius 2 is 2.00 bits per heavy atom. The number of sulfonamides is 1. The van der Waals surface area contributed by atoms with Crippen LogP contribution in [0.1, 0.15) is 34.9 Å². The lowest BCUT2D eigenvalue weighted by molar-refractivity contribution is 0.102. The zero-order valence-electron chi connectivity index (χ0n) is 13.0. The molecule has 0 unspecified atom stereocenters. The van der Waals surface area contributed by atoms with Gasteiger partial charge in [0.25, 0.3) is 5.91 Å². The molecule has 0 bridgehead atoms. The fraction of sp³-hybridized carbons (Fsp3) is 0.333. The van der Waals surface area contributed by atoms with Gasteiger partial charge in [0.1, 0.15) is 0 Å². The SMILES string of the molecule is CCCS(=O)(=O)Nc1cccc(NC(=O)c2ncc(CC)s2)c1. The molecule has 2 rings (SSSR count). The predicted octanol–water partition coefficient (Wildman–Crippen LogP) is 3.11. The van der Waals surface area contributed by atoms with Crippen LogP contribution in [0.3, 0.4) is 0 Å². The lowest BCUT2D eigenvalue weighted by Crippen LogP contribution is -2.16. The van der Waals surface area contributed by atoms with Gasteiger partial charge in [0.2, 0.25) is 10.0 Å². The number of aromatic nitrogens is 1. The monoisotopic (exact) mass is 353 g/mol. The molecule has 2 aromatic rings. The van der Waals surface area contributed by atoms with Crippen molar-refractivity contribution in [3.05, 3.63) is 40.3 Å². The second-order valence-corrected chi connectivity index (χ2v) is 7.90. The van der Waals surface area contributed by atoms with E-state index in [9.17, 15) is 13.2 Å². The molecule has 1 amide bonds. The molecule has 1 aromatic carbocycles. The van der Waals surface area contributed by atoms with Crippen LogP contribution in [-0.4, -0.2) is 25.1 Å². The van der Waals surface area contributed by atoms with Crippen molar-refractivity contribution in [2.24, 2.45) is 0 Å². The van der Waals surface area contributed by atoms with Gasteiger partial charge in [-0.05, 0) is 31.0 Å². The zero-order chi connectivity index (χ0) is 16.9. The van der Waals surface area contributed by atoms with E-state index >= 15 is 0 Å². The number of thiazole rings is 1. The normalized spacial score (nSPS) is 11.2. The highest BCUT2D eigenvalue weighted by molar-refractivity contribution is 7.92. The summed E-state index contributed by atoms with van der Waals surface area (Å²) in [6.07, 6.45) is 3.06. The van der Waals surface area contributed by atoms with Gasteiger partial charge in [0, 0.05) is 16.8 Å². The van der Waals surface area contributed by atoms with E-state index in [0.29, 0.717) is 22.8 Å². The molecule has 124 valence electrons. The van der Waals surface area contributed by atoms with Gasteiger partial charge >= 0.3 is 0 Å². The Bertz CT molecular complexity index is 785. The first-order valence-electron chi connectivity index (χ1n) is 7.30. The van der Waals surface area contributed by atoms with Crippen LogP contribution in [0.15, 0.2) is 30.5 Å². The van der Waals surface area contributed by atoms with Gasteiger partial charge in [-0.2, -0.15) is 0 Å². The van der Waals surface area contributed by atoms with Gasteiger partial charge in [0.15, 0.2) is 5.01 Å². The quantitative estimate of drug-likeness (QED) is 0.800. The average Bonchev–Trinajstić information content (AvgIpc) is 2.96. The van der Waals surface area contributed by atoms with Crippen LogP contribution in [-0.2, 0) is 16.4 Å². The fourth-order valence-corrected chi connectivity index (χ4v) is 3.79. The van der Waals surface area contributed by atoms with Crippen molar-refractivity contribution >= 4 is 38.6 Å². The number of nitrogens with one attached hydrogen (secondary N) is 2. The van der Waals surface area contributed by atoms with Gasteiger partial charge in [-0.1, -0.05) is 19.9 Å². The summed E-state index contributed by atoms with van der Waals surface area (Å²) in [7, 11) is -3.36. The van der Waals surface area contributed by atoms with Crippen molar-refractivity contribution in [1.82, 2.24) is 4.98 Å². The maximum absolute atomic E-state index is 12.1. The molecule has 0 fully saturated rings. The summed E-state index contributed by atoms with van der Waals surface area (Å²) in [5.74, 6) is -0.244.